The van der Waals surface area contributed by atoms with Gasteiger partial charge in [-0.25, -0.2) is 0 Å². The summed E-state index contributed by atoms with van der Waals surface area (Å²) in [5.41, 5.74) is 1.31. The van der Waals surface area contributed by atoms with Crippen molar-refractivity contribution in [2.24, 2.45) is 5.92 Å². The van der Waals surface area contributed by atoms with Crippen LogP contribution in [0.15, 0.2) is 24.3 Å². The van der Waals surface area contributed by atoms with Gasteiger partial charge in [-0.1, -0.05) is 30.2 Å². The third-order valence-electron chi connectivity index (χ3n) is 2.90. The van der Waals surface area contributed by atoms with Crippen LogP contribution in [0.3, 0.4) is 0 Å². The predicted octanol–water partition coefficient (Wildman–Crippen LogP) is 3.23. The van der Waals surface area contributed by atoms with Crippen LogP contribution in [0.5, 0.6) is 0 Å². The molecular weight excluding hydrogens is 194 g/mol. The van der Waals surface area contributed by atoms with Crippen LogP contribution in [0.4, 0.5) is 0 Å². The molecule has 0 atom stereocenters. The summed E-state index contributed by atoms with van der Waals surface area (Å²) in [7, 11) is 0. The van der Waals surface area contributed by atoms with E-state index in [0.29, 0.717) is 0 Å². The summed E-state index contributed by atoms with van der Waals surface area (Å²) in [6.07, 6.45) is 4.24. The Bertz CT molecular complexity index is 277. The van der Waals surface area contributed by atoms with Crippen molar-refractivity contribution in [3.63, 3.8) is 0 Å². The Labute approximate surface area is 90.5 Å². The van der Waals surface area contributed by atoms with Crippen LogP contribution >= 0.6 is 11.6 Å². The SMILES string of the molecule is Clc1ccc(CNCC2CCC2)cc1. The molecular formula is C12H16ClN. The van der Waals surface area contributed by atoms with Crippen LogP contribution in [0.25, 0.3) is 0 Å². The molecule has 2 rings (SSSR count). The zero-order valence-corrected chi connectivity index (χ0v) is 9.06. The van der Waals surface area contributed by atoms with Gasteiger partial charge < -0.3 is 5.32 Å². The highest BCUT2D eigenvalue weighted by atomic mass is 35.5. The molecule has 1 nitrogen and oxygen atoms in total. The first-order valence-corrected chi connectivity index (χ1v) is 5.67. The van der Waals surface area contributed by atoms with E-state index < -0.39 is 0 Å². The van der Waals surface area contributed by atoms with E-state index in [4.69, 9.17) is 11.6 Å². The molecule has 1 aromatic carbocycles. The molecule has 1 fully saturated rings. The Morgan fingerprint density at radius 2 is 1.93 bits per heavy atom. The Balaban J connectivity index is 1.71. The van der Waals surface area contributed by atoms with Gasteiger partial charge in [-0.3, -0.25) is 0 Å². The first-order valence-electron chi connectivity index (χ1n) is 5.30. The fraction of sp³-hybridized carbons (Fsp3) is 0.500. The second-order valence-corrected chi connectivity index (χ2v) is 4.49. The molecule has 2 heteroatoms. The minimum Gasteiger partial charge on any atom is -0.312 e. The van der Waals surface area contributed by atoms with Crippen molar-refractivity contribution in [1.82, 2.24) is 5.32 Å². The number of halogens is 1. The van der Waals surface area contributed by atoms with Gasteiger partial charge in [0.05, 0.1) is 0 Å². The van der Waals surface area contributed by atoms with Crippen molar-refractivity contribution in [3.05, 3.63) is 34.9 Å². The van der Waals surface area contributed by atoms with Crippen LogP contribution in [-0.2, 0) is 6.54 Å². The molecule has 0 amide bonds. The van der Waals surface area contributed by atoms with Crippen LogP contribution in [0.2, 0.25) is 5.02 Å². The molecule has 14 heavy (non-hydrogen) atoms. The standard InChI is InChI=1S/C12H16ClN/c13-12-6-4-11(5-7-12)9-14-8-10-2-1-3-10/h4-7,10,14H,1-3,8-9H2. The van der Waals surface area contributed by atoms with Crippen molar-refractivity contribution in [3.8, 4) is 0 Å². The van der Waals surface area contributed by atoms with Crippen LogP contribution in [0, 0.1) is 5.92 Å². The van der Waals surface area contributed by atoms with Gasteiger partial charge >= 0.3 is 0 Å². The lowest BCUT2D eigenvalue weighted by atomic mass is 9.85. The Morgan fingerprint density at radius 3 is 2.50 bits per heavy atom. The third kappa shape index (κ3) is 2.73. The third-order valence-corrected chi connectivity index (χ3v) is 3.15. The van der Waals surface area contributed by atoms with Crippen molar-refractivity contribution in [2.75, 3.05) is 6.54 Å². The number of hydrogen-bond donors (Lipinski definition) is 1. The van der Waals surface area contributed by atoms with E-state index >= 15 is 0 Å². The van der Waals surface area contributed by atoms with Gasteiger partial charge in [0.15, 0.2) is 0 Å². The molecule has 0 saturated heterocycles. The lowest BCUT2D eigenvalue weighted by Gasteiger charge is -2.25. The zero-order chi connectivity index (χ0) is 9.80. The lowest BCUT2D eigenvalue weighted by molar-refractivity contribution is 0.301. The maximum atomic E-state index is 5.81. The summed E-state index contributed by atoms with van der Waals surface area (Å²) >= 11 is 5.81. The number of benzene rings is 1. The summed E-state index contributed by atoms with van der Waals surface area (Å²) in [6.45, 7) is 2.14. The summed E-state index contributed by atoms with van der Waals surface area (Å²) in [4.78, 5) is 0. The average molecular weight is 210 g/mol. The van der Waals surface area contributed by atoms with Gasteiger partial charge in [0, 0.05) is 11.6 Å². The van der Waals surface area contributed by atoms with E-state index in [-0.39, 0.29) is 0 Å². The first-order chi connectivity index (χ1) is 6.84. The molecule has 1 saturated carbocycles. The Kier molecular flexibility index (Phi) is 3.44. The van der Waals surface area contributed by atoms with E-state index in [9.17, 15) is 0 Å². The van der Waals surface area contributed by atoms with Gasteiger partial charge in [-0.15, -0.1) is 0 Å². The van der Waals surface area contributed by atoms with Gasteiger partial charge in [0.1, 0.15) is 0 Å². The average Bonchev–Trinajstić information content (AvgIpc) is 2.12. The van der Waals surface area contributed by atoms with Crippen LogP contribution in [-0.4, -0.2) is 6.54 Å². The summed E-state index contributed by atoms with van der Waals surface area (Å²) in [5, 5.41) is 4.29. The van der Waals surface area contributed by atoms with E-state index in [1.807, 2.05) is 12.1 Å². The molecule has 1 aliphatic rings. The molecule has 0 radical (unpaired) electrons. The molecule has 1 aliphatic carbocycles. The lowest BCUT2D eigenvalue weighted by Crippen LogP contribution is -2.26. The van der Waals surface area contributed by atoms with Gasteiger partial charge in [0.2, 0.25) is 0 Å². The minimum absolute atomic E-state index is 0.813. The summed E-state index contributed by atoms with van der Waals surface area (Å²) < 4.78 is 0. The molecule has 76 valence electrons. The largest absolute Gasteiger partial charge is 0.312 e. The van der Waals surface area contributed by atoms with Crippen LogP contribution < -0.4 is 5.32 Å². The topological polar surface area (TPSA) is 12.0 Å². The smallest absolute Gasteiger partial charge is 0.0406 e. The highest BCUT2D eigenvalue weighted by Crippen LogP contribution is 2.25. The van der Waals surface area contributed by atoms with Crippen molar-refractivity contribution < 1.29 is 0 Å². The molecule has 0 bridgehead atoms. The first kappa shape index (κ1) is 10.0. The molecule has 0 heterocycles. The van der Waals surface area contributed by atoms with Gasteiger partial charge in [-0.05, 0) is 43.0 Å². The number of hydrogen-bond acceptors (Lipinski definition) is 1. The van der Waals surface area contributed by atoms with Crippen LogP contribution in [0.1, 0.15) is 24.8 Å². The monoisotopic (exact) mass is 209 g/mol. The number of rotatable bonds is 4. The Morgan fingerprint density at radius 1 is 1.21 bits per heavy atom. The van der Waals surface area contributed by atoms with Gasteiger partial charge in [-0.2, -0.15) is 0 Å². The van der Waals surface area contributed by atoms with E-state index in [2.05, 4.69) is 17.4 Å². The fourth-order valence-corrected chi connectivity index (χ4v) is 1.85. The van der Waals surface area contributed by atoms with E-state index in [1.54, 1.807) is 0 Å². The van der Waals surface area contributed by atoms with Crippen molar-refractivity contribution in [1.29, 1.82) is 0 Å². The fourth-order valence-electron chi connectivity index (χ4n) is 1.72. The minimum atomic E-state index is 0.813. The number of nitrogens with one attached hydrogen (secondary N) is 1. The zero-order valence-electron chi connectivity index (χ0n) is 8.30. The molecule has 1 aromatic rings. The van der Waals surface area contributed by atoms with Crippen molar-refractivity contribution in [2.45, 2.75) is 25.8 Å². The second-order valence-electron chi connectivity index (χ2n) is 4.05. The van der Waals surface area contributed by atoms with E-state index in [0.717, 1.165) is 17.5 Å². The molecule has 0 unspecified atom stereocenters. The maximum absolute atomic E-state index is 5.81. The van der Waals surface area contributed by atoms with Gasteiger partial charge in [0.25, 0.3) is 0 Å². The molecule has 0 aliphatic heterocycles. The Hall–Kier alpha value is -0.530. The predicted molar refractivity (Wildman–Crippen MR) is 60.5 cm³/mol. The molecule has 0 aromatic heterocycles. The second kappa shape index (κ2) is 4.81. The van der Waals surface area contributed by atoms with Crippen molar-refractivity contribution >= 4 is 11.6 Å². The molecule has 0 spiro atoms. The summed E-state index contributed by atoms with van der Waals surface area (Å²) in [6, 6.07) is 8.05. The normalized spacial score (nSPS) is 16.6. The highest BCUT2D eigenvalue weighted by Gasteiger charge is 2.15. The quantitative estimate of drug-likeness (QED) is 0.803. The van der Waals surface area contributed by atoms with E-state index in [1.165, 1.54) is 31.4 Å². The highest BCUT2D eigenvalue weighted by molar-refractivity contribution is 6.30. The molecule has 1 N–H and O–H groups in total. The summed E-state index contributed by atoms with van der Waals surface area (Å²) in [5.74, 6) is 0.933. The maximum Gasteiger partial charge on any atom is 0.0406 e.